The maximum Gasteiger partial charge on any atom is 0.138 e. The summed E-state index contributed by atoms with van der Waals surface area (Å²) in [6.45, 7) is 3.96. The van der Waals surface area contributed by atoms with E-state index in [1.807, 2.05) is 42.6 Å². The molecule has 0 saturated carbocycles. The fraction of sp³-hybridized carbons (Fsp3) is 0.235. The Morgan fingerprint density at radius 1 is 1.18 bits per heavy atom. The van der Waals surface area contributed by atoms with E-state index in [-0.39, 0.29) is 0 Å². The van der Waals surface area contributed by atoms with Crippen molar-refractivity contribution in [3.8, 4) is 11.3 Å². The lowest BCUT2D eigenvalue weighted by atomic mass is 10.1. The number of aliphatic hydroxyl groups is 1. The number of hydrogen-bond acceptors (Lipinski definition) is 2. The summed E-state index contributed by atoms with van der Waals surface area (Å²) in [5.41, 5.74) is 4.28. The van der Waals surface area contributed by atoms with Gasteiger partial charge in [0, 0.05) is 11.8 Å². The first-order chi connectivity index (χ1) is 10.5. The van der Waals surface area contributed by atoms with E-state index in [0.717, 1.165) is 28.2 Å². The molecule has 0 amide bonds. The van der Waals surface area contributed by atoms with Gasteiger partial charge in [-0.3, -0.25) is 0 Å². The van der Waals surface area contributed by atoms with Gasteiger partial charge in [0.05, 0.1) is 27.5 Å². The first-order valence-electron chi connectivity index (χ1n) is 7.13. The molecule has 5 heteroatoms. The molecule has 0 aliphatic rings. The number of aromatic nitrogens is 2. The summed E-state index contributed by atoms with van der Waals surface area (Å²) in [5, 5.41) is 11.4. The summed E-state index contributed by atoms with van der Waals surface area (Å²) in [5.74, 6) is 0. The van der Waals surface area contributed by atoms with Gasteiger partial charge in [-0.2, -0.15) is 0 Å². The lowest BCUT2D eigenvalue weighted by Gasteiger charge is -2.11. The minimum Gasteiger partial charge on any atom is -0.387 e. The Kier molecular flexibility index (Phi) is 4.13. The molecular formula is C17H16Cl2N2O. The lowest BCUT2D eigenvalue weighted by Crippen LogP contribution is -2.02. The molecule has 1 unspecified atom stereocenters. The van der Waals surface area contributed by atoms with Crippen LogP contribution in [0.25, 0.3) is 16.9 Å². The molecule has 114 valence electrons. The van der Waals surface area contributed by atoms with Crippen LogP contribution in [0, 0.1) is 6.92 Å². The number of hydrogen-bond donors (Lipinski definition) is 1. The molecule has 0 radical (unpaired) electrons. The number of benzene rings is 1. The van der Waals surface area contributed by atoms with Crippen LogP contribution in [0.2, 0.25) is 10.0 Å². The van der Waals surface area contributed by atoms with Crippen molar-refractivity contribution in [1.29, 1.82) is 0 Å². The van der Waals surface area contributed by atoms with Crippen molar-refractivity contribution in [2.45, 2.75) is 26.4 Å². The fourth-order valence-electron chi connectivity index (χ4n) is 2.53. The van der Waals surface area contributed by atoms with Gasteiger partial charge in [-0.05, 0) is 43.2 Å². The molecule has 3 aromatic rings. The van der Waals surface area contributed by atoms with Gasteiger partial charge >= 0.3 is 0 Å². The van der Waals surface area contributed by atoms with E-state index in [1.165, 1.54) is 0 Å². The average molecular weight is 335 g/mol. The summed E-state index contributed by atoms with van der Waals surface area (Å²) < 4.78 is 1.93. The molecule has 2 aromatic heterocycles. The van der Waals surface area contributed by atoms with Crippen LogP contribution in [0.1, 0.15) is 30.7 Å². The Hall–Kier alpha value is -1.55. The summed E-state index contributed by atoms with van der Waals surface area (Å²) in [6.07, 6.45) is 1.95. The van der Waals surface area contributed by atoms with E-state index in [1.54, 1.807) is 12.1 Å². The van der Waals surface area contributed by atoms with E-state index in [2.05, 4.69) is 4.98 Å². The van der Waals surface area contributed by atoms with Crippen molar-refractivity contribution in [3.63, 3.8) is 0 Å². The summed E-state index contributed by atoms with van der Waals surface area (Å²) in [4.78, 5) is 4.68. The predicted octanol–water partition coefficient (Wildman–Crippen LogP) is 5.06. The van der Waals surface area contributed by atoms with Crippen LogP contribution in [0.15, 0.2) is 36.5 Å². The van der Waals surface area contributed by atoms with E-state index in [4.69, 9.17) is 23.2 Å². The number of aliphatic hydroxyl groups excluding tert-OH is 1. The van der Waals surface area contributed by atoms with Crippen molar-refractivity contribution in [2.75, 3.05) is 0 Å². The Morgan fingerprint density at radius 3 is 2.64 bits per heavy atom. The molecule has 1 atom stereocenters. The van der Waals surface area contributed by atoms with Crippen LogP contribution in [0.3, 0.4) is 0 Å². The molecule has 0 bridgehead atoms. The van der Waals surface area contributed by atoms with Crippen molar-refractivity contribution >= 4 is 28.8 Å². The molecule has 2 heterocycles. The zero-order valence-electron chi connectivity index (χ0n) is 12.3. The van der Waals surface area contributed by atoms with Gasteiger partial charge < -0.3 is 9.51 Å². The summed E-state index contributed by atoms with van der Waals surface area (Å²) in [7, 11) is 0. The summed E-state index contributed by atoms with van der Waals surface area (Å²) >= 11 is 12.1. The molecule has 0 aliphatic carbocycles. The van der Waals surface area contributed by atoms with Gasteiger partial charge in [-0.25, -0.2) is 4.98 Å². The van der Waals surface area contributed by atoms with Gasteiger partial charge in [0.15, 0.2) is 0 Å². The maximum atomic E-state index is 10.4. The van der Waals surface area contributed by atoms with E-state index in [0.29, 0.717) is 16.5 Å². The lowest BCUT2D eigenvalue weighted by molar-refractivity contribution is 0.168. The molecule has 22 heavy (non-hydrogen) atoms. The van der Waals surface area contributed by atoms with Crippen molar-refractivity contribution in [2.24, 2.45) is 0 Å². The monoisotopic (exact) mass is 334 g/mol. The van der Waals surface area contributed by atoms with Crippen LogP contribution < -0.4 is 0 Å². The quantitative estimate of drug-likeness (QED) is 0.726. The third kappa shape index (κ3) is 2.60. The highest BCUT2D eigenvalue weighted by Gasteiger charge is 2.20. The second kappa shape index (κ2) is 5.92. The number of aryl methyl sites for hydroxylation is 1. The highest BCUT2D eigenvalue weighted by molar-refractivity contribution is 6.42. The highest BCUT2D eigenvalue weighted by atomic mass is 35.5. The van der Waals surface area contributed by atoms with Crippen LogP contribution in [-0.2, 0) is 0 Å². The fourth-order valence-corrected chi connectivity index (χ4v) is 2.83. The second-order valence-corrected chi connectivity index (χ2v) is 6.15. The van der Waals surface area contributed by atoms with Crippen LogP contribution in [0.5, 0.6) is 0 Å². The van der Waals surface area contributed by atoms with E-state index in [9.17, 15) is 5.11 Å². The molecule has 0 saturated heterocycles. The van der Waals surface area contributed by atoms with Crippen molar-refractivity contribution in [1.82, 2.24) is 9.38 Å². The molecule has 3 nitrogen and oxygen atoms in total. The molecule has 0 fully saturated rings. The maximum absolute atomic E-state index is 10.4. The Labute approximate surface area is 139 Å². The molecule has 1 N–H and O–H groups in total. The number of halogens is 2. The zero-order valence-corrected chi connectivity index (χ0v) is 13.9. The van der Waals surface area contributed by atoms with Gasteiger partial charge in [-0.15, -0.1) is 0 Å². The molecule has 3 rings (SSSR count). The van der Waals surface area contributed by atoms with Gasteiger partial charge in [0.1, 0.15) is 5.65 Å². The van der Waals surface area contributed by atoms with Crippen LogP contribution >= 0.6 is 23.2 Å². The topological polar surface area (TPSA) is 37.5 Å². The van der Waals surface area contributed by atoms with Gasteiger partial charge in [0.2, 0.25) is 0 Å². The molecule has 0 aliphatic heterocycles. The van der Waals surface area contributed by atoms with Gasteiger partial charge in [0.25, 0.3) is 0 Å². The zero-order chi connectivity index (χ0) is 15.9. The SMILES string of the molecule is CCC(O)c1c(-c2ccc(Cl)c(Cl)c2)nc2cc(C)ccn12. The number of pyridine rings is 1. The Bertz CT molecular complexity index is 842. The third-order valence-corrected chi connectivity index (χ3v) is 4.45. The highest BCUT2D eigenvalue weighted by Crippen LogP contribution is 2.34. The predicted molar refractivity (Wildman–Crippen MR) is 90.6 cm³/mol. The first-order valence-corrected chi connectivity index (χ1v) is 7.89. The number of nitrogens with zero attached hydrogens (tertiary/aromatic N) is 2. The second-order valence-electron chi connectivity index (χ2n) is 5.33. The summed E-state index contributed by atoms with van der Waals surface area (Å²) in [6, 6.07) is 9.39. The van der Waals surface area contributed by atoms with E-state index >= 15 is 0 Å². The third-order valence-electron chi connectivity index (χ3n) is 3.71. The minimum absolute atomic E-state index is 0.476. The average Bonchev–Trinajstić information content (AvgIpc) is 2.87. The normalized spacial score (nSPS) is 12.8. The van der Waals surface area contributed by atoms with Crippen LogP contribution in [-0.4, -0.2) is 14.5 Å². The Morgan fingerprint density at radius 2 is 1.95 bits per heavy atom. The van der Waals surface area contributed by atoms with Gasteiger partial charge in [-0.1, -0.05) is 36.2 Å². The van der Waals surface area contributed by atoms with Crippen molar-refractivity contribution < 1.29 is 5.11 Å². The number of rotatable bonds is 3. The molecule has 0 spiro atoms. The minimum atomic E-state index is -0.595. The number of fused-ring (bicyclic) bond motifs is 1. The molecular weight excluding hydrogens is 319 g/mol. The smallest absolute Gasteiger partial charge is 0.138 e. The largest absolute Gasteiger partial charge is 0.387 e. The Balaban J connectivity index is 2.29. The van der Waals surface area contributed by atoms with Crippen LogP contribution in [0.4, 0.5) is 0 Å². The van der Waals surface area contributed by atoms with Crippen molar-refractivity contribution in [3.05, 3.63) is 57.8 Å². The molecule has 1 aromatic carbocycles. The van der Waals surface area contributed by atoms with E-state index < -0.39 is 6.10 Å². The first kappa shape index (κ1) is 15.3. The number of imidazole rings is 1. The standard InChI is InChI=1S/C17H16Cl2N2O/c1-3-14(22)17-16(11-4-5-12(18)13(19)9-11)20-15-8-10(2)6-7-21(15)17/h4-9,14,22H,3H2,1-2H3.